The van der Waals surface area contributed by atoms with E-state index < -0.39 is 5.41 Å². The molecule has 0 spiro atoms. The molecule has 0 atom stereocenters. The largest absolute Gasteiger partial charge is 0.469 e. The van der Waals surface area contributed by atoms with Gasteiger partial charge in [0.2, 0.25) is 5.91 Å². The second kappa shape index (κ2) is 7.38. The minimum Gasteiger partial charge on any atom is -0.469 e. The van der Waals surface area contributed by atoms with E-state index in [1.165, 1.54) is 19.2 Å². The highest BCUT2D eigenvalue weighted by molar-refractivity contribution is 5.91. The van der Waals surface area contributed by atoms with Gasteiger partial charge in [-0.1, -0.05) is 18.6 Å². The highest BCUT2D eigenvalue weighted by Crippen LogP contribution is 2.48. The van der Waals surface area contributed by atoms with Crippen LogP contribution in [-0.2, 0) is 19.7 Å². The standard InChI is InChI=1S/C17H22FNO3/c1-22-15(20)5-3-2-4-12-19-16(21)17(10-11-17)13-6-8-14(18)9-7-13/h6-9H,2-5,10-12H2,1H3,(H,19,21). The molecule has 1 aromatic carbocycles. The van der Waals surface area contributed by atoms with E-state index in [-0.39, 0.29) is 17.7 Å². The number of hydrogen-bond donors (Lipinski definition) is 1. The molecule has 0 radical (unpaired) electrons. The zero-order chi connectivity index (χ0) is 16.0. The van der Waals surface area contributed by atoms with Gasteiger partial charge in [-0.3, -0.25) is 9.59 Å². The van der Waals surface area contributed by atoms with Crippen molar-refractivity contribution in [3.8, 4) is 0 Å². The zero-order valence-electron chi connectivity index (χ0n) is 12.9. The van der Waals surface area contributed by atoms with Crippen LogP contribution in [-0.4, -0.2) is 25.5 Å². The second-order valence-electron chi connectivity index (χ2n) is 5.73. The second-order valence-corrected chi connectivity index (χ2v) is 5.73. The number of unbranched alkanes of at least 4 members (excludes halogenated alkanes) is 2. The third-order valence-electron chi connectivity index (χ3n) is 4.15. The molecule has 1 saturated carbocycles. The molecule has 0 aliphatic heterocycles. The van der Waals surface area contributed by atoms with E-state index in [9.17, 15) is 14.0 Å². The molecule has 5 heteroatoms. The quantitative estimate of drug-likeness (QED) is 0.593. The van der Waals surface area contributed by atoms with Crippen LogP contribution in [0.4, 0.5) is 4.39 Å². The van der Waals surface area contributed by atoms with Crippen molar-refractivity contribution in [1.29, 1.82) is 0 Å². The minimum atomic E-state index is -0.459. The molecule has 2 rings (SSSR count). The molecule has 22 heavy (non-hydrogen) atoms. The van der Waals surface area contributed by atoms with Gasteiger partial charge < -0.3 is 10.1 Å². The molecular weight excluding hydrogens is 285 g/mol. The van der Waals surface area contributed by atoms with Gasteiger partial charge >= 0.3 is 5.97 Å². The molecule has 1 fully saturated rings. The maximum absolute atomic E-state index is 13.0. The number of ether oxygens (including phenoxy) is 1. The summed E-state index contributed by atoms with van der Waals surface area (Å²) in [6.45, 7) is 0.600. The number of benzene rings is 1. The van der Waals surface area contributed by atoms with Crippen LogP contribution in [0, 0.1) is 5.82 Å². The van der Waals surface area contributed by atoms with Gasteiger partial charge in [0.05, 0.1) is 12.5 Å². The molecular formula is C17H22FNO3. The Balaban J connectivity index is 1.71. The van der Waals surface area contributed by atoms with E-state index >= 15 is 0 Å². The van der Waals surface area contributed by atoms with Crippen LogP contribution in [0.2, 0.25) is 0 Å². The maximum atomic E-state index is 13.0. The molecule has 0 bridgehead atoms. The third kappa shape index (κ3) is 4.06. The average Bonchev–Trinajstić information content (AvgIpc) is 3.32. The third-order valence-corrected chi connectivity index (χ3v) is 4.15. The van der Waals surface area contributed by atoms with Crippen LogP contribution in [0.1, 0.15) is 44.1 Å². The van der Waals surface area contributed by atoms with Crippen LogP contribution in [0.25, 0.3) is 0 Å². The molecule has 1 amide bonds. The number of hydrogen-bond acceptors (Lipinski definition) is 3. The molecule has 0 aromatic heterocycles. The normalized spacial score (nSPS) is 15.2. The fraction of sp³-hybridized carbons (Fsp3) is 0.529. The summed E-state index contributed by atoms with van der Waals surface area (Å²) in [4.78, 5) is 23.3. The van der Waals surface area contributed by atoms with Crippen molar-refractivity contribution in [3.05, 3.63) is 35.6 Å². The predicted octanol–water partition coefficient (Wildman–Crippen LogP) is 2.71. The monoisotopic (exact) mass is 307 g/mol. The number of carbonyl (C=O) groups excluding carboxylic acids is 2. The van der Waals surface area contributed by atoms with E-state index in [1.54, 1.807) is 12.1 Å². The van der Waals surface area contributed by atoms with E-state index in [2.05, 4.69) is 10.1 Å². The van der Waals surface area contributed by atoms with E-state index in [4.69, 9.17) is 0 Å². The Morgan fingerprint density at radius 2 is 1.86 bits per heavy atom. The van der Waals surface area contributed by atoms with E-state index in [0.29, 0.717) is 13.0 Å². The fourth-order valence-corrected chi connectivity index (χ4v) is 2.59. The molecule has 4 nitrogen and oxygen atoms in total. The smallest absolute Gasteiger partial charge is 0.305 e. The minimum absolute atomic E-state index is 0.0204. The Bertz CT molecular complexity index is 523. The van der Waals surface area contributed by atoms with E-state index in [1.807, 2.05) is 0 Å². The number of nitrogens with one attached hydrogen (secondary N) is 1. The van der Waals surface area contributed by atoms with Crippen LogP contribution in [0.3, 0.4) is 0 Å². The predicted molar refractivity (Wildman–Crippen MR) is 80.8 cm³/mol. The molecule has 0 unspecified atom stereocenters. The van der Waals surface area contributed by atoms with Gasteiger partial charge in [-0.15, -0.1) is 0 Å². The van der Waals surface area contributed by atoms with Crippen LogP contribution in [0.15, 0.2) is 24.3 Å². The molecule has 0 heterocycles. The van der Waals surface area contributed by atoms with Crippen molar-refractivity contribution in [2.45, 2.75) is 43.9 Å². The topological polar surface area (TPSA) is 55.4 Å². The maximum Gasteiger partial charge on any atom is 0.305 e. The first-order valence-electron chi connectivity index (χ1n) is 7.70. The summed E-state index contributed by atoms with van der Waals surface area (Å²) < 4.78 is 17.5. The average molecular weight is 307 g/mol. The number of carbonyl (C=O) groups is 2. The zero-order valence-corrected chi connectivity index (χ0v) is 12.9. The first-order valence-corrected chi connectivity index (χ1v) is 7.70. The Kier molecular flexibility index (Phi) is 5.52. The molecule has 0 saturated heterocycles. The molecule has 1 aliphatic carbocycles. The first-order chi connectivity index (χ1) is 10.6. The summed E-state index contributed by atoms with van der Waals surface area (Å²) in [5.41, 5.74) is 0.428. The first kappa shape index (κ1) is 16.5. The van der Waals surface area contributed by atoms with Gasteiger partial charge in [0, 0.05) is 13.0 Å². The van der Waals surface area contributed by atoms with Gasteiger partial charge in [0.15, 0.2) is 0 Å². The van der Waals surface area contributed by atoms with Crippen molar-refractivity contribution in [2.24, 2.45) is 0 Å². The molecule has 1 aliphatic rings. The number of halogens is 1. The van der Waals surface area contributed by atoms with Gasteiger partial charge in [-0.25, -0.2) is 4.39 Å². The highest BCUT2D eigenvalue weighted by atomic mass is 19.1. The SMILES string of the molecule is COC(=O)CCCCCNC(=O)C1(c2ccc(F)cc2)CC1. The summed E-state index contributed by atoms with van der Waals surface area (Å²) in [6.07, 6.45) is 4.52. The molecule has 1 N–H and O–H groups in total. The lowest BCUT2D eigenvalue weighted by atomic mass is 9.95. The number of esters is 1. The number of methoxy groups -OCH3 is 1. The Labute approximate surface area is 130 Å². The van der Waals surface area contributed by atoms with Gasteiger partial charge in [-0.05, 0) is 43.4 Å². The van der Waals surface area contributed by atoms with Crippen LogP contribution >= 0.6 is 0 Å². The van der Waals surface area contributed by atoms with Crippen molar-refractivity contribution in [3.63, 3.8) is 0 Å². The summed E-state index contributed by atoms with van der Waals surface area (Å²) in [5, 5.41) is 2.95. The lowest BCUT2D eigenvalue weighted by Crippen LogP contribution is -2.35. The van der Waals surface area contributed by atoms with Gasteiger partial charge in [0.1, 0.15) is 5.82 Å². The highest BCUT2D eigenvalue weighted by Gasteiger charge is 2.50. The van der Waals surface area contributed by atoms with E-state index in [0.717, 1.165) is 37.7 Å². The fourth-order valence-electron chi connectivity index (χ4n) is 2.59. The van der Waals surface area contributed by atoms with Gasteiger partial charge in [-0.2, -0.15) is 0 Å². The number of rotatable bonds is 8. The lowest BCUT2D eigenvalue weighted by Gasteiger charge is -2.15. The van der Waals surface area contributed by atoms with Crippen molar-refractivity contribution >= 4 is 11.9 Å². The summed E-state index contributed by atoms with van der Waals surface area (Å²) in [6, 6.07) is 6.18. The van der Waals surface area contributed by atoms with Crippen molar-refractivity contribution in [2.75, 3.05) is 13.7 Å². The summed E-state index contributed by atoms with van der Waals surface area (Å²) in [5.74, 6) is -0.463. The van der Waals surface area contributed by atoms with Crippen molar-refractivity contribution in [1.82, 2.24) is 5.32 Å². The Morgan fingerprint density at radius 3 is 2.45 bits per heavy atom. The lowest BCUT2D eigenvalue weighted by molar-refractivity contribution is -0.140. The number of amides is 1. The Hall–Kier alpha value is -1.91. The summed E-state index contributed by atoms with van der Waals surface area (Å²) in [7, 11) is 1.38. The van der Waals surface area contributed by atoms with Crippen LogP contribution in [0.5, 0.6) is 0 Å². The van der Waals surface area contributed by atoms with Gasteiger partial charge in [0.25, 0.3) is 0 Å². The van der Waals surface area contributed by atoms with Crippen molar-refractivity contribution < 1.29 is 18.7 Å². The Morgan fingerprint density at radius 1 is 1.18 bits per heavy atom. The molecule has 1 aromatic rings. The van der Waals surface area contributed by atoms with Crippen LogP contribution < -0.4 is 5.32 Å². The summed E-state index contributed by atoms with van der Waals surface area (Å²) >= 11 is 0. The molecule has 120 valence electrons.